The van der Waals surface area contributed by atoms with E-state index < -0.39 is 0 Å². The van der Waals surface area contributed by atoms with Crippen LogP contribution in [0.3, 0.4) is 0 Å². The van der Waals surface area contributed by atoms with Gasteiger partial charge in [0.1, 0.15) is 5.39 Å². The first-order valence-corrected chi connectivity index (χ1v) is 8.24. The molecule has 120 valence electrons. The highest BCUT2D eigenvalue weighted by molar-refractivity contribution is 7.18. The molecule has 7 heteroatoms. The molecule has 0 saturated heterocycles. The smallest absolute Gasteiger partial charge is 0.361 e. The number of thiophene rings is 1. The number of fused-ring (bicyclic) bond motifs is 5. The van der Waals surface area contributed by atoms with E-state index in [-0.39, 0.29) is 23.6 Å². The highest BCUT2D eigenvalue weighted by atomic mass is 35.5. The molecule has 4 heterocycles. The van der Waals surface area contributed by atoms with Gasteiger partial charge >= 0.3 is 11.5 Å². The molecule has 0 radical (unpaired) electrons. The molecule has 0 unspecified atom stereocenters. The van der Waals surface area contributed by atoms with Crippen molar-refractivity contribution in [3.8, 4) is 0 Å². The van der Waals surface area contributed by atoms with Gasteiger partial charge in [0, 0.05) is 17.7 Å². The Morgan fingerprint density at radius 1 is 1.41 bits per heavy atom. The Morgan fingerprint density at radius 3 is 2.95 bits per heavy atom. The maximum atomic E-state index is 12.8. The van der Waals surface area contributed by atoms with Crippen molar-refractivity contribution in [3.05, 3.63) is 20.8 Å². The second-order valence-electron chi connectivity index (χ2n) is 6.53. The maximum absolute atomic E-state index is 12.8. The summed E-state index contributed by atoms with van der Waals surface area (Å²) in [6, 6.07) is 0. The summed E-state index contributed by atoms with van der Waals surface area (Å²) in [6.07, 6.45) is 1.90. The number of ether oxygens (including phenoxy) is 1. The fourth-order valence-corrected chi connectivity index (χ4v) is 4.60. The summed E-state index contributed by atoms with van der Waals surface area (Å²) in [5, 5.41) is 4.27. The summed E-state index contributed by atoms with van der Waals surface area (Å²) in [6.45, 7) is 6.71. The van der Waals surface area contributed by atoms with Crippen molar-refractivity contribution >= 4 is 27.5 Å². The van der Waals surface area contributed by atoms with E-state index in [4.69, 9.17) is 4.74 Å². The third-order valence-electron chi connectivity index (χ3n) is 4.45. The van der Waals surface area contributed by atoms with Crippen LogP contribution in [0.15, 0.2) is 4.79 Å². The topological polar surface area (TPSA) is 47.1 Å². The molecule has 0 spiro atoms. The Bertz CT molecular complexity index is 809. The zero-order valence-corrected chi connectivity index (χ0v) is 14.6. The molecular formula is C15H20ClN3O2S. The minimum absolute atomic E-state index is 0. The van der Waals surface area contributed by atoms with Crippen molar-refractivity contribution in [2.75, 3.05) is 11.9 Å². The first-order chi connectivity index (χ1) is 9.98. The van der Waals surface area contributed by atoms with Crippen LogP contribution in [0.5, 0.6) is 0 Å². The Hall–Kier alpha value is -1.11. The number of nitrogens with zero attached hydrogens (tertiary/aromatic N) is 2. The summed E-state index contributed by atoms with van der Waals surface area (Å²) in [4.78, 5) is 15.1. The average Bonchev–Trinajstić information content (AvgIpc) is 2.82. The third-order valence-corrected chi connectivity index (χ3v) is 5.68. The van der Waals surface area contributed by atoms with Crippen LogP contribution >= 0.6 is 11.3 Å². The van der Waals surface area contributed by atoms with E-state index in [0.29, 0.717) is 6.61 Å². The Morgan fingerprint density at radius 2 is 2.18 bits per heavy atom. The zero-order valence-electron chi connectivity index (χ0n) is 13.0. The number of hydrogen-bond acceptors (Lipinski definition) is 4. The summed E-state index contributed by atoms with van der Waals surface area (Å²) in [5.41, 5.74) is 1.12. The van der Waals surface area contributed by atoms with E-state index in [1.165, 1.54) is 10.4 Å². The van der Waals surface area contributed by atoms with Crippen LogP contribution in [-0.2, 0) is 31.4 Å². The van der Waals surface area contributed by atoms with Gasteiger partial charge in [0.05, 0.1) is 32.3 Å². The maximum Gasteiger partial charge on any atom is 0.361 e. The zero-order chi connectivity index (χ0) is 14.8. The second kappa shape index (κ2) is 5.22. The largest absolute Gasteiger partial charge is 1.00 e. The van der Waals surface area contributed by atoms with Crippen molar-refractivity contribution in [1.29, 1.82) is 0 Å². The van der Waals surface area contributed by atoms with E-state index in [0.717, 1.165) is 42.1 Å². The number of aryl methyl sites for hydroxylation is 1. The van der Waals surface area contributed by atoms with Gasteiger partial charge in [-0.25, -0.2) is 4.57 Å². The Labute approximate surface area is 139 Å². The lowest BCUT2D eigenvalue weighted by molar-refractivity contribution is -0.662. The molecule has 2 aromatic heterocycles. The Balaban J connectivity index is 0.00000144. The lowest BCUT2D eigenvalue weighted by atomic mass is 9.94. The predicted octanol–water partition coefficient (Wildman–Crippen LogP) is -1.44. The van der Waals surface area contributed by atoms with Gasteiger partial charge in [-0.3, -0.25) is 10.1 Å². The molecule has 0 aliphatic carbocycles. The minimum atomic E-state index is -0.190. The lowest BCUT2D eigenvalue weighted by Gasteiger charge is -2.29. The second-order valence-corrected chi connectivity index (χ2v) is 7.61. The Kier molecular flexibility index (Phi) is 3.74. The molecule has 0 bridgehead atoms. The molecule has 2 aromatic rings. The van der Waals surface area contributed by atoms with Crippen LogP contribution in [0, 0.1) is 0 Å². The van der Waals surface area contributed by atoms with Gasteiger partial charge in [-0.15, -0.1) is 11.3 Å². The van der Waals surface area contributed by atoms with Gasteiger partial charge in [0.2, 0.25) is 0 Å². The van der Waals surface area contributed by atoms with Gasteiger partial charge in [-0.1, -0.05) is 0 Å². The van der Waals surface area contributed by atoms with Gasteiger partial charge in [-0.05, 0) is 19.4 Å². The van der Waals surface area contributed by atoms with Crippen molar-refractivity contribution in [2.45, 2.75) is 45.4 Å². The van der Waals surface area contributed by atoms with E-state index in [1.54, 1.807) is 15.9 Å². The summed E-state index contributed by atoms with van der Waals surface area (Å²) in [7, 11) is 1.86. The fourth-order valence-electron chi connectivity index (χ4n) is 3.35. The number of aromatic nitrogens is 2. The van der Waals surface area contributed by atoms with E-state index >= 15 is 0 Å². The van der Waals surface area contributed by atoms with E-state index in [9.17, 15) is 4.79 Å². The molecule has 0 fully saturated rings. The molecule has 5 nitrogen and oxygen atoms in total. The molecule has 22 heavy (non-hydrogen) atoms. The van der Waals surface area contributed by atoms with Crippen molar-refractivity contribution in [3.63, 3.8) is 0 Å². The van der Waals surface area contributed by atoms with E-state index in [1.807, 2.05) is 7.05 Å². The van der Waals surface area contributed by atoms with Gasteiger partial charge in [0.25, 0.3) is 0 Å². The molecule has 0 aromatic carbocycles. The highest BCUT2D eigenvalue weighted by Gasteiger charge is 2.34. The van der Waals surface area contributed by atoms with Crippen LogP contribution in [0.1, 0.15) is 30.7 Å². The number of halogens is 1. The highest BCUT2D eigenvalue weighted by Crippen LogP contribution is 2.36. The first-order valence-electron chi connectivity index (χ1n) is 7.43. The molecule has 0 saturated carbocycles. The van der Waals surface area contributed by atoms with Gasteiger partial charge in [-0.2, -0.15) is 4.57 Å². The van der Waals surface area contributed by atoms with Gasteiger partial charge in [0.15, 0.2) is 4.83 Å². The molecule has 2 aliphatic heterocycles. The van der Waals surface area contributed by atoms with Crippen molar-refractivity contribution in [1.82, 2.24) is 4.57 Å². The van der Waals surface area contributed by atoms with Crippen molar-refractivity contribution < 1.29 is 21.7 Å². The average molecular weight is 342 g/mol. The monoisotopic (exact) mass is 341 g/mol. The molecule has 4 rings (SSSR count). The first kappa shape index (κ1) is 15.8. The molecule has 1 N–H and O–H groups in total. The van der Waals surface area contributed by atoms with Crippen LogP contribution in [0.4, 0.5) is 5.95 Å². The van der Waals surface area contributed by atoms with E-state index in [2.05, 4.69) is 23.7 Å². The van der Waals surface area contributed by atoms with Crippen LogP contribution in [0.2, 0.25) is 0 Å². The van der Waals surface area contributed by atoms with Crippen LogP contribution in [-0.4, -0.2) is 16.7 Å². The fraction of sp³-hybridized carbons (Fsp3) is 0.600. The standard InChI is InChI=1S/C15H19N3O2S.ClH/c1-15(2)7-9-10(8-20-15)21-13-11(9)12(19)17(3)14-16-5-4-6-18(13)14;/h4-8H2,1-3H3;1H. The molecular weight excluding hydrogens is 322 g/mol. The lowest BCUT2D eigenvalue weighted by Crippen LogP contribution is -3.00. The normalized spacial score (nSPS) is 19.0. The summed E-state index contributed by atoms with van der Waals surface area (Å²) in [5.74, 6) is 0.928. The van der Waals surface area contributed by atoms with Crippen molar-refractivity contribution in [2.24, 2.45) is 7.05 Å². The predicted molar refractivity (Wildman–Crippen MR) is 82.9 cm³/mol. The number of nitrogens with one attached hydrogen (secondary N) is 1. The third kappa shape index (κ3) is 2.16. The quantitative estimate of drug-likeness (QED) is 0.597. The number of rotatable bonds is 0. The number of hydrogen-bond donors (Lipinski definition) is 1. The minimum Gasteiger partial charge on any atom is -1.00 e. The number of anilines is 1. The molecule has 2 aliphatic rings. The molecule has 0 amide bonds. The van der Waals surface area contributed by atoms with Gasteiger partial charge < -0.3 is 17.1 Å². The van der Waals surface area contributed by atoms with Crippen LogP contribution < -0.4 is 27.9 Å². The summed E-state index contributed by atoms with van der Waals surface area (Å²) >= 11 is 1.72. The van der Waals surface area contributed by atoms with Crippen LogP contribution in [0.25, 0.3) is 10.2 Å². The SMILES string of the molecule is Cn1c2[n+](c3sc4c(c3c1=O)CC(C)(C)OC4)CCCN2.[Cl-]. The molecule has 0 atom stereocenters. The summed E-state index contributed by atoms with van der Waals surface area (Å²) < 4.78 is 9.93.